The maximum Gasteiger partial charge on any atom is 0.397 e. The van der Waals surface area contributed by atoms with Crippen LogP contribution in [0.2, 0.25) is 5.32 Å². The van der Waals surface area contributed by atoms with Crippen LogP contribution in [0.3, 0.4) is 0 Å². The van der Waals surface area contributed by atoms with Crippen molar-refractivity contribution in [3.63, 3.8) is 0 Å². The molecule has 0 rings (SSSR count). The Labute approximate surface area is 81.8 Å². The number of hydrogen-bond acceptors (Lipinski definition) is 3. The first-order valence-corrected chi connectivity index (χ1v) is 6.00. The Morgan fingerprint density at radius 3 is 2.17 bits per heavy atom. The van der Waals surface area contributed by atoms with Crippen molar-refractivity contribution in [2.45, 2.75) is 18.7 Å². The van der Waals surface area contributed by atoms with Gasteiger partial charge in [0.15, 0.2) is 0 Å². The van der Waals surface area contributed by atoms with Crippen LogP contribution in [0.4, 0.5) is 0 Å². The van der Waals surface area contributed by atoms with E-state index in [9.17, 15) is 8.42 Å². The maximum atomic E-state index is 9.72. The van der Waals surface area contributed by atoms with Crippen LogP contribution in [0.1, 0.15) is 13.3 Å². The molecule has 0 aromatic carbocycles. The summed E-state index contributed by atoms with van der Waals surface area (Å²) in [7, 11) is -4.19. The Kier molecular flexibility index (Phi) is 11.2. The van der Waals surface area contributed by atoms with E-state index < -0.39 is 10.4 Å². The van der Waals surface area contributed by atoms with Gasteiger partial charge >= 0.3 is 44.4 Å². The van der Waals surface area contributed by atoms with E-state index in [1.807, 2.05) is 6.08 Å². The Hall–Kier alpha value is 0.129. The summed E-state index contributed by atoms with van der Waals surface area (Å²) in [6.45, 7) is 5.25. The number of hydrogen-bond donors (Lipinski definition) is 1. The topological polar surface area (TPSA) is 63.6 Å². The van der Waals surface area contributed by atoms with Gasteiger partial charge in [-0.25, -0.2) is 4.18 Å². The summed E-state index contributed by atoms with van der Waals surface area (Å²) in [4.78, 5) is 0. The second-order valence-corrected chi connectivity index (χ2v) is 3.58. The third-order valence-corrected chi connectivity index (χ3v) is 1.57. The van der Waals surface area contributed by atoms with Crippen molar-refractivity contribution in [1.82, 2.24) is 0 Å². The Morgan fingerprint density at radius 2 is 2.08 bits per heavy atom. The van der Waals surface area contributed by atoms with Crippen LogP contribution in [0.25, 0.3) is 0 Å². The van der Waals surface area contributed by atoms with E-state index in [-0.39, 0.29) is 6.61 Å². The number of rotatable bonds is 4. The summed E-state index contributed by atoms with van der Waals surface area (Å²) < 4.78 is 31.3. The average Bonchev–Trinajstić information content (AvgIpc) is 2.00. The molecule has 0 aliphatic carbocycles. The molecule has 0 unspecified atom stereocenters. The summed E-state index contributed by atoms with van der Waals surface area (Å²) in [5.41, 5.74) is 0. The molecular formula is C6H14O4SSe. The molecule has 0 saturated carbocycles. The van der Waals surface area contributed by atoms with Crippen molar-refractivity contribution < 1.29 is 17.2 Å². The van der Waals surface area contributed by atoms with Gasteiger partial charge in [0.1, 0.15) is 0 Å². The van der Waals surface area contributed by atoms with Gasteiger partial charge in [0.25, 0.3) is 0 Å². The van der Waals surface area contributed by atoms with Crippen LogP contribution in [-0.4, -0.2) is 35.6 Å². The summed E-state index contributed by atoms with van der Waals surface area (Å²) >= 11 is 2.42. The zero-order chi connectivity index (χ0) is 10.0. The maximum absolute atomic E-state index is 9.72. The van der Waals surface area contributed by atoms with Gasteiger partial charge in [0.2, 0.25) is 0 Å². The molecule has 0 radical (unpaired) electrons. The summed E-state index contributed by atoms with van der Waals surface area (Å²) in [5.74, 6) is 0. The number of allylic oxidation sites excluding steroid dienone is 1. The minimum atomic E-state index is -4.19. The molecule has 74 valence electrons. The van der Waals surface area contributed by atoms with E-state index >= 15 is 0 Å². The van der Waals surface area contributed by atoms with Gasteiger partial charge in [-0.2, -0.15) is 8.42 Å². The van der Waals surface area contributed by atoms with Gasteiger partial charge in [0, 0.05) is 0 Å². The van der Waals surface area contributed by atoms with Gasteiger partial charge in [-0.15, -0.1) is 0 Å². The second-order valence-electron chi connectivity index (χ2n) is 1.72. The molecule has 12 heavy (non-hydrogen) atoms. The molecule has 1 N–H and O–H groups in total. The Balaban J connectivity index is 0. The fourth-order valence-electron chi connectivity index (χ4n) is 0.189. The summed E-state index contributed by atoms with van der Waals surface area (Å²) in [6.07, 6.45) is 2.42. The molecule has 0 atom stereocenters. The predicted molar refractivity (Wildman–Crippen MR) is 49.9 cm³/mol. The third-order valence-electron chi connectivity index (χ3n) is 0.565. The van der Waals surface area contributed by atoms with Crippen LogP contribution in [0, 0.1) is 0 Å². The molecular weight excluding hydrogens is 247 g/mol. The van der Waals surface area contributed by atoms with Gasteiger partial charge in [-0.3, -0.25) is 4.55 Å². The molecule has 0 bridgehead atoms. The standard InChI is InChI=1S/C3H8O4S.C3H6Se/c1-2-3-7-8(4,5)6;1-2-3-4/h2-3H2,1H3,(H,4,5,6);2,4H,1,3H2. The Morgan fingerprint density at radius 1 is 1.67 bits per heavy atom. The van der Waals surface area contributed by atoms with Gasteiger partial charge in [-0.05, 0) is 6.42 Å². The smallest absolute Gasteiger partial charge is 0.264 e. The molecule has 0 aliphatic heterocycles. The zero-order valence-electron chi connectivity index (χ0n) is 6.93. The minimum Gasteiger partial charge on any atom is -0.264 e. The van der Waals surface area contributed by atoms with Crippen molar-refractivity contribution in [1.29, 1.82) is 0 Å². The zero-order valence-corrected chi connectivity index (χ0v) is 9.63. The molecule has 0 saturated heterocycles. The average molecular weight is 261 g/mol. The van der Waals surface area contributed by atoms with Crippen molar-refractivity contribution in [2.75, 3.05) is 6.61 Å². The van der Waals surface area contributed by atoms with Crippen LogP contribution in [0.5, 0.6) is 0 Å². The molecule has 0 aromatic heterocycles. The van der Waals surface area contributed by atoms with Gasteiger partial charge < -0.3 is 0 Å². The van der Waals surface area contributed by atoms with E-state index in [0.717, 1.165) is 5.32 Å². The normalized spacial score (nSPS) is 9.92. The first kappa shape index (κ1) is 14.6. The predicted octanol–water partition coefficient (Wildman–Crippen LogP) is 0.707. The van der Waals surface area contributed by atoms with Gasteiger partial charge in [-0.1, -0.05) is 6.92 Å². The third kappa shape index (κ3) is 22.5. The van der Waals surface area contributed by atoms with Crippen LogP contribution in [0.15, 0.2) is 12.7 Å². The monoisotopic (exact) mass is 262 g/mol. The summed E-state index contributed by atoms with van der Waals surface area (Å²) in [6, 6.07) is 0. The van der Waals surface area contributed by atoms with E-state index in [1.54, 1.807) is 6.92 Å². The van der Waals surface area contributed by atoms with Crippen LogP contribution >= 0.6 is 0 Å². The van der Waals surface area contributed by atoms with Crippen LogP contribution < -0.4 is 0 Å². The first-order chi connectivity index (χ1) is 5.47. The molecule has 0 amide bonds. The summed E-state index contributed by atoms with van der Waals surface area (Å²) in [5, 5.41) is 1.02. The van der Waals surface area contributed by atoms with E-state index in [1.165, 1.54) is 0 Å². The minimum absolute atomic E-state index is 0.0405. The molecule has 6 heteroatoms. The first-order valence-electron chi connectivity index (χ1n) is 3.31. The SMILES string of the molecule is C=CC[SeH].CCCOS(=O)(=O)O. The molecule has 0 heterocycles. The van der Waals surface area contributed by atoms with E-state index in [0.29, 0.717) is 6.42 Å². The largest absolute Gasteiger partial charge is 0.397 e. The fraction of sp³-hybridized carbons (Fsp3) is 0.667. The molecule has 4 nitrogen and oxygen atoms in total. The molecule has 0 fully saturated rings. The fourth-order valence-corrected chi connectivity index (χ4v) is 0.566. The van der Waals surface area contributed by atoms with Gasteiger partial charge in [0.05, 0.1) is 6.61 Å². The van der Waals surface area contributed by atoms with Crippen molar-refractivity contribution in [2.24, 2.45) is 0 Å². The van der Waals surface area contributed by atoms with Crippen molar-refractivity contribution >= 4 is 26.4 Å². The Bertz CT molecular complexity index is 188. The van der Waals surface area contributed by atoms with E-state index in [4.69, 9.17) is 4.55 Å². The van der Waals surface area contributed by atoms with Crippen molar-refractivity contribution in [3.05, 3.63) is 12.7 Å². The second kappa shape index (κ2) is 9.22. The molecule has 0 aliphatic rings. The van der Waals surface area contributed by atoms with Crippen molar-refractivity contribution in [3.8, 4) is 0 Å². The molecule has 0 aromatic rings. The van der Waals surface area contributed by atoms with Crippen LogP contribution in [-0.2, 0) is 14.6 Å². The van der Waals surface area contributed by atoms with E-state index in [2.05, 4.69) is 26.8 Å². The molecule has 0 spiro atoms. The quantitative estimate of drug-likeness (QED) is 0.460.